The van der Waals surface area contributed by atoms with Crippen LogP contribution in [0.5, 0.6) is 0 Å². The molecule has 1 aromatic carbocycles. The van der Waals surface area contributed by atoms with Gasteiger partial charge in [-0.1, -0.05) is 24.3 Å². The number of anilines is 1. The number of carbonyl (C=O) groups excluding carboxylic acids is 1. The monoisotopic (exact) mass is 360 g/mol. The maximum atomic E-state index is 12.2. The maximum absolute atomic E-state index is 12.2. The van der Waals surface area contributed by atoms with Gasteiger partial charge in [-0.3, -0.25) is 4.90 Å². The zero-order chi connectivity index (χ0) is 18.6. The van der Waals surface area contributed by atoms with Gasteiger partial charge in [-0.25, -0.2) is 4.79 Å². The van der Waals surface area contributed by atoms with E-state index in [0.29, 0.717) is 12.1 Å². The normalized spacial score (nSPS) is 31.1. The number of hydrogen-bond donors (Lipinski definition) is 0. The van der Waals surface area contributed by atoms with Gasteiger partial charge >= 0.3 is 5.97 Å². The summed E-state index contributed by atoms with van der Waals surface area (Å²) in [5.74, 6) is 6.44. The van der Waals surface area contributed by atoms with Crippen molar-refractivity contribution in [2.75, 3.05) is 25.5 Å². The summed E-state index contributed by atoms with van der Waals surface area (Å²) in [6, 6.07) is 8.88. The van der Waals surface area contributed by atoms with E-state index in [2.05, 4.69) is 39.8 Å². The average molecular weight is 360 g/mol. The van der Waals surface area contributed by atoms with E-state index in [4.69, 9.17) is 4.74 Å². The van der Waals surface area contributed by atoms with Crippen LogP contribution in [0.1, 0.15) is 31.2 Å². The fourth-order valence-corrected chi connectivity index (χ4v) is 5.15. The third-order valence-electron chi connectivity index (χ3n) is 6.40. The lowest BCUT2D eigenvalue weighted by molar-refractivity contribution is -0.148. The molecule has 3 atom stereocenters. The molecule has 0 N–H and O–H groups in total. The Hall–Kier alpha value is -2.51. The van der Waals surface area contributed by atoms with Crippen molar-refractivity contribution in [1.29, 1.82) is 0 Å². The Morgan fingerprint density at radius 2 is 2.00 bits per heavy atom. The molecule has 2 bridgehead atoms. The van der Waals surface area contributed by atoms with Crippen LogP contribution in [0.3, 0.4) is 0 Å². The Kier molecular flexibility index (Phi) is 3.70. The van der Waals surface area contributed by atoms with Crippen LogP contribution >= 0.6 is 0 Å². The molecule has 4 aliphatic rings. The number of rotatable bonds is 1. The van der Waals surface area contributed by atoms with Gasteiger partial charge in [0.15, 0.2) is 5.60 Å². The van der Waals surface area contributed by atoms with Gasteiger partial charge in [0, 0.05) is 55.0 Å². The van der Waals surface area contributed by atoms with E-state index in [0.717, 1.165) is 41.8 Å². The lowest BCUT2D eigenvalue weighted by Gasteiger charge is -2.38. The molecule has 0 saturated carbocycles. The number of hydrogen-bond acceptors (Lipinski definition) is 4. The van der Waals surface area contributed by atoms with Gasteiger partial charge in [0.25, 0.3) is 0 Å². The van der Waals surface area contributed by atoms with Gasteiger partial charge < -0.3 is 9.64 Å². The topological polar surface area (TPSA) is 32.8 Å². The molecule has 2 saturated heterocycles. The van der Waals surface area contributed by atoms with Crippen molar-refractivity contribution in [3.8, 4) is 11.8 Å². The zero-order valence-electron chi connectivity index (χ0n) is 15.9. The molecule has 4 heteroatoms. The molecule has 4 nitrogen and oxygen atoms in total. The number of benzene rings is 1. The minimum absolute atomic E-state index is 0.207. The Labute approximate surface area is 160 Å². The van der Waals surface area contributed by atoms with Gasteiger partial charge in [-0.2, -0.15) is 0 Å². The predicted octanol–water partition coefficient (Wildman–Crippen LogP) is 2.89. The number of esters is 1. The number of ether oxygens (including phenoxy) is 1. The standard InChI is InChI=1S/C23H24N2O2/c1-24(2)18-10-7-16(8-11-18)6-9-17-13-19-15-23(20(17)14-22(26)27-23)21-5-3-4-12-25(19)21/h7-8,10-11,13-14,19,21H,3-5,12,15H2,1-2H3. The number of fused-ring (bicyclic) bond motifs is 3. The van der Waals surface area contributed by atoms with Crippen LogP contribution < -0.4 is 4.90 Å². The number of piperidine rings is 1. The first-order valence-electron chi connectivity index (χ1n) is 9.79. The molecule has 3 heterocycles. The molecule has 2 fully saturated rings. The summed E-state index contributed by atoms with van der Waals surface area (Å²) in [4.78, 5) is 16.8. The first-order valence-corrected chi connectivity index (χ1v) is 9.79. The van der Waals surface area contributed by atoms with Crippen molar-refractivity contribution in [3.05, 3.63) is 53.1 Å². The van der Waals surface area contributed by atoms with Crippen LogP contribution in [-0.4, -0.2) is 49.2 Å². The minimum Gasteiger partial charge on any atom is -0.449 e. The molecule has 1 aliphatic carbocycles. The Balaban J connectivity index is 1.50. The van der Waals surface area contributed by atoms with E-state index < -0.39 is 5.60 Å². The molecule has 138 valence electrons. The molecule has 27 heavy (non-hydrogen) atoms. The van der Waals surface area contributed by atoms with Gasteiger partial charge in [0.1, 0.15) is 0 Å². The molecule has 0 amide bonds. The summed E-state index contributed by atoms with van der Waals surface area (Å²) in [5, 5.41) is 0. The summed E-state index contributed by atoms with van der Waals surface area (Å²) >= 11 is 0. The predicted molar refractivity (Wildman–Crippen MR) is 105 cm³/mol. The highest BCUT2D eigenvalue weighted by atomic mass is 16.6. The first kappa shape index (κ1) is 16.6. The summed E-state index contributed by atoms with van der Waals surface area (Å²) in [7, 11) is 4.06. The van der Waals surface area contributed by atoms with Crippen molar-refractivity contribution >= 4 is 11.7 Å². The smallest absolute Gasteiger partial charge is 0.332 e. The quantitative estimate of drug-likeness (QED) is 0.570. The van der Waals surface area contributed by atoms with E-state index in [1.807, 2.05) is 26.2 Å². The first-order chi connectivity index (χ1) is 13.1. The van der Waals surface area contributed by atoms with E-state index in [9.17, 15) is 4.79 Å². The van der Waals surface area contributed by atoms with Crippen molar-refractivity contribution in [2.24, 2.45) is 0 Å². The second-order valence-corrected chi connectivity index (χ2v) is 8.16. The fourth-order valence-electron chi connectivity index (χ4n) is 5.15. The third kappa shape index (κ3) is 2.53. The minimum atomic E-state index is -0.463. The Morgan fingerprint density at radius 1 is 1.19 bits per heavy atom. The summed E-state index contributed by atoms with van der Waals surface area (Å²) in [5.41, 5.74) is 3.66. The van der Waals surface area contributed by atoms with Crippen LogP contribution in [0.25, 0.3) is 0 Å². The van der Waals surface area contributed by atoms with Gasteiger partial charge in [-0.05, 0) is 43.7 Å². The largest absolute Gasteiger partial charge is 0.449 e. The van der Waals surface area contributed by atoms with Crippen molar-refractivity contribution < 1.29 is 9.53 Å². The average Bonchev–Trinajstić information content (AvgIpc) is 3.15. The molecule has 3 aliphatic heterocycles. The lowest BCUT2D eigenvalue weighted by Crippen LogP contribution is -2.48. The van der Waals surface area contributed by atoms with E-state index >= 15 is 0 Å². The highest BCUT2D eigenvalue weighted by Crippen LogP contribution is 2.53. The van der Waals surface area contributed by atoms with Crippen LogP contribution in [0, 0.1) is 11.8 Å². The number of carbonyl (C=O) groups is 1. The van der Waals surface area contributed by atoms with E-state index in [1.165, 1.54) is 12.8 Å². The molecule has 0 radical (unpaired) electrons. The summed E-state index contributed by atoms with van der Waals surface area (Å²) in [6.45, 7) is 1.09. The van der Waals surface area contributed by atoms with Gasteiger partial charge in [-0.15, -0.1) is 0 Å². The van der Waals surface area contributed by atoms with Gasteiger partial charge in [0.05, 0.1) is 6.04 Å². The van der Waals surface area contributed by atoms with E-state index in [1.54, 1.807) is 6.08 Å². The SMILES string of the molecule is CN(C)c1ccc(C#CC2=CC3CC4(OC(=O)C=C24)C2CCCCN32)cc1. The molecular weight excluding hydrogens is 336 g/mol. The highest BCUT2D eigenvalue weighted by Gasteiger charge is 2.61. The van der Waals surface area contributed by atoms with E-state index in [-0.39, 0.29) is 5.97 Å². The molecule has 0 aromatic heterocycles. The third-order valence-corrected chi connectivity index (χ3v) is 6.40. The number of nitrogens with zero attached hydrogens (tertiary/aromatic N) is 2. The molecule has 5 rings (SSSR count). The van der Waals surface area contributed by atoms with Crippen molar-refractivity contribution in [2.45, 2.75) is 43.4 Å². The second-order valence-electron chi connectivity index (χ2n) is 8.16. The van der Waals surface area contributed by atoms with Crippen LogP contribution in [0.15, 0.2) is 47.6 Å². The Bertz CT molecular complexity index is 916. The van der Waals surface area contributed by atoms with Crippen LogP contribution in [0.2, 0.25) is 0 Å². The lowest BCUT2D eigenvalue weighted by atomic mass is 9.77. The van der Waals surface area contributed by atoms with Crippen molar-refractivity contribution in [3.63, 3.8) is 0 Å². The summed E-state index contributed by atoms with van der Waals surface area (Å²) < 4.78 is 5.95. The van der Waals surface area contributed by atoms with Crippen molar-refractivity contribution in [1.82, 2.24) is 4.90 Å². The zero-order valence-corrected chi connectivity index (χ0v) is 15.9. The highest BCUT2D eigenvalue weighted by molar-refractivity contribution is 5.90. The molecule has 1 spiro atoms. The molecule has 1 aromatic rings. The Morgan fingerprint density at radius 3 is 2.78 bits per heavy atom. The van der Waals surface area contributed by atoms with Gasteiger partial charge in [0.2, 0.25) is 0 Å². The fraction of sp³-hybridized carbons (Fsp3) is 0.435. The van der Waals surface area contributed by atoms with Crippen LogP contribution in [-0.2, 0) is 9.53 Å². The molecule has 3 unspecified atom stereocenters. The second kappa shape index (κ2) is 6.00. The van der Waals surface area contributed by atoms with Crippen LogP contribution in [0.4, 0.5) is 5.69 Å². The molecular formula is C23H24N2O2. The maximum Gasteiger partial charge on any atom is 0.332 e. The summed E-state index contributed by atoms with van der Waals surface area (Å²) in [6.07, 6.45) is 8.37.